The Bertz CT molecular complexity index is 870. The first-order valence-electron chi connectivity index (χ1n) is 8.91. The Balaban J connectivity index is 2.01. The van der Waals surface area contributed by atoms with E-state index in [1.165, 1.54) is 11.3 Å². The minimum atomic E-state index is -1.03. The molecule has 6 heteroatoms. The second-order valence-corrected chi connectivity index (χ2v) is 7.94. The first-order valence-corrected chi connectivity index (χ1v) is 9.73. The molecule has 142 valence electrons. The van der Waals surface area contributed by atoms with Crippen molar-refractivity contribution in [1.29, 1.82) is 0 Å². The van der Waals surface area contributed by atoms with Gasteiger partial charge in [-0.2, -0.15) is 0 Å². The van der Waals surface area contributed by atoms with Crippen LogP contribution in [0.5, 0.6) is 0 Å². The van der Waals surface area contributed by atoms with E-state index >= 15 is 0 Å². The number of nitrogens with zero attached hydrogens (tertiary/aromatic N) is 1. The number of ether oxygens (including phenoxy) is 1. The number of amides is 1. The smallest absolute Gasteiger partial charge is 0.348 e. The third-order valence-electron chi connectivity index (χ3n) is 4.45. The van der Waals surface area contributed by atoms with Gasteiger partial charge in [0, 0.05) is 17.3 Å². The average molecular weight is 385 g/mol. The summed E-state index contributed by atoms with van der Waals surface area (Å²) in [6.45, 7) is 6.15. The molecule has 0 saturated carbocycles. The van der Waals surface area contributed by atoms with Crippen LogP contribution in [-0.4, -0.2) is 35.7 Å². The molecule has 0 spiro atoms. The number of carboxylic acids is 1. The maximum absolute atomic E-state index is 13.2. The fraction of sp³-hybridized carbons (Fsp3) is 0.333. The number of rotatable bonds is 5. The van der Waals surface area contributed by atoms with Gasteiger partial charge in [0.15, 0.2) is 0 Å². The van der Waals surface area contributed by atoms with Crippen molar-refractivity contribution in [2.75, 3.05) is 11.5 Å². The Kier molecular flexibility index (Phi) is 5.77. The van der Waals surface area contributed by atoms with E-state index in [1.807, 2.05) is 57.2 Å². The highest BCUT2D eigenvalue weighted by Gasteiger charge is 2.32. The number of aromatic carboxylic acids is 1. The minimum Gasteiger partial charge on any atom is -0.477 e. The Morgan fingerprint density at radius 3 is 2.52 bits per heavy atom. The predicted octanol–water partition coefficient (Wildman–Crippen LogP) is 4.59. The maximum Gasteiger partial charge on any atom is 0.348 e. The van der Waals surface area contributed by atoms with Crippen molar-refractivity contribution < 1.29 is 19.4 Å². The molecular weight excluding hydrogens is 362 g/mol. The van der Waals surface area contributed by atoms with Gasteiger partial charge in [0.2, 0.25) is 0 Å². The number of carbonyl (C=O) groups excluding carboxylic acids is 1. The van der Waals surface area contributed by atoms with Gasteiger partial charge in [-0.1, -0.05) is 42.0 Å². The molecule has 0 radical (unpaired) electrons. The number of hydrogen-bond donors (Lipinski definition) is 1. The van der Waals surface area contributed by atoms with Crippen molar-refractivity contribution in [1.82, 2.24) is 0 Å². The normalized spacial score (nSPS) is 16.9. The number of carbonyl (C=O) groups is 2. The molecule has 1 aliphatic rings. The van der Waals surface area contributed by atoms with Crippen LogP contribution in [0.3, 0.4) is 0 Å². The van der Waals surface area contributed by atoms with Crippen molar-refractivity contribution in [3.8, 4) is 10.4 Å². The Hall–Kier alpha value is -2.44. The topological polar surface area (TPSA) is 66.8 Å². The second-order valence-electron chi connectivity index (χ2n) is 6.88. The highest BCUT2D eigenvalue weighted by Crippen LogP contribution is 2.38. The molecule has 0 aliphatic carbocycles. The summed E-state index contributed by atoms with van der Waals surface area (Å²) in [5.74, 6) is -1.23. The van der Waals surface area contributed by atoms with Gasteiger partial charge in [-0.15, -0.1) is 11.3 Å². The van der Waals surface area contributed by atoms with Crippen molar-refractivity contribution >= 4 is 28.9 Å². The van der Waals surface area contributed by atoms with E-state index < -0.39 is 12.1 Å². The molecule has 0 saturated heterocycles. The van der Waals surface area contributed by atoms with Crippen LogP contribution in [-0.2, 0) is 9.53 Å². The lowest BCUT2D eigenvalue weighted by atomic mass is 10.1. The standard InChI is InChI=1S/C21H23NO4S/c1-13(2)22(20(23)17-10-9-14(3)12-26-17)16-11-18(27-19(16)21(24)25)15-7-5-4-6-8-15/h4-9,11,13,17H,10,12H2,1-3H3,(H,24,25). The Morgan fingerprint density at radius 1 is 1.26 bits per heavy atom. The van der Waals surface area contributed by atoms with Crippen LogP contribution in [0.15, 0.2) is 48.0 Å². The van der Waals surface area contributed by atoms with E-state index in [1.54, 1.807) is 11.0 Å². The highest BCUT2D eigenvalue weighted by atomic mass is 32.1. The number of carboxylic acid groups (broad SMARTS) is 1. The summed E-state index contributed by atoms with van der Waals surface area (Å²) in [4.78, 5) is 27.6. The fourth-order valence-electron chi connectivity index (χ4n) is 3.10. The molecule has 1 unspecified atom stereocenters. The SMILES string of the molecule is CC1=CCC(C(=O)N(c2cc(-c3ccccc3)sc2C(=O)O)C(C)C)OC1. The summed E-state index contributed by atoms with van der Waals surface area (Å²) in [7, 11) is 0. The van der Waals surface area contributed by atoms with Crippen LogP contribution in [0.1, 0.15) is 36.9 Å². The molecule has 1 aliphatic heterocycles. The van der Waals surface area contributed by atoms with E-state index in [-0.39, 0.29) is 16.8 Å². The molecular formula is C21H23NO4S. The zero-order chi connectivity index (χ0) is 19.6. The molecule has 2 aromatic rings. The van der Waals surface area contributed by atoms with Crippen LogP contribution >= 0.6 is 11.3 Å². The lowest BCUT2D eigenvalue weighted by Gasteiger charge is -2.31. The average Bonchev–Trinajstić information content (AvgIpc) is 3.08. The van der Waals surface area contributed by atoms with Gasteiger partial charge in [0.05, 0.1) is 12.3 Å². The molecule has 1 N–H and O–H groups in total. The molecule has 5 nitrogen and oxygen atoms in total. The first-order chi connectivity index (χ1) is 12.9. The van der Waals surface area contributed by atoms with Gasteiger partial charge < -0.3 is 14.7 Å². The van der Waals surface area contributed by atoms with Crippen LogP contribution in [0.4, 0.5) is 5.69 Å². The summed E-state index contributed by atoms with van der Waals surface area (Å²) >= 11 is 1.18. The van der Waals surface area contributed by atoms with Crippen molar-refractivity contribution in [2.24, 2.45) is 0 Å². The van der Waals surface area contributed by atoms with E-state index in [0.717, 1.165) is 16.0 Å². The van der Waals surface area contributed by atoms with Crippen molar-refractivity contribution in [2.45, 2.75) is 39.3 Å². The Labute approximate surface area is 162 Å². The molecule has 1 amide bonds. The zero-order valence-corrected chi connectivity index (χ0v) is 16.5. The van der Waals surface area contributed by atoms with Crippen molar-refractivity contribution in [3.05, 3.63) is 52.9 Å². The van der Waals surface area contributed by atoms with Crippen molar-refractivity contribution in [3.63, 3.8) is 0 Å². The molecule has 27 heavy (non-hydrogen) atoms. The number of anilines is 1. The van der Waals surface area contributed by atoms with Crippen LogP contribution in [0.2, 0.25) is 0 Å². The molecule has 1 atom stereocenters. The van der Waals surface area contributed by atoms with E-state index in [0.29, 0.717) is 18.7 Å². The van der Waals surface area contributed by atoms with E-state index in [2.05, 4.69) is 0 Å². The molecule has 1 aromatic heterocycles. The number of benzene rings is 1. The maximum atomic E-state index is 13.2. The van der Waals surface area contributed by atoms with Gasteiger partial charge in [0.25, 0.3) is 5.91 Å². The third kappa shape index (κ3) is 4.12. The molecule has 3 rings (SSSR count). The lowest BCUT2D eigenvalue weighted by molar-refractivity contribution is -0.130. The quantitative estimate of drug-likeness (QED) is 0.765. The minimum absolute atomic E-state index is 0.165. The lowest BCUT2D eigenvalue weighted by Crippen LogP contribution is -2.45. The Morgan fingerprint density at radius 2 is 1.96 bits per heavy atom. The molecule has 1 aromatic carbocycles. The van der Waals surface area contributed by atoms with Crippen LogP contribution in [0, 0.1) is 0 Å². The van der Waals surface area contributed by atoms with Crippen LogP contribution < -0.4 is 4.90 Å². The molecule has 2 heterocycles. The third-order valence-corrected chi connectivity index (χ3v) is 5.61. The molecule has 0 fully saturated rings. The highest BCUT2D eigenvalue weighted by molar-refractivity contribution is 7.18. The predicted molar refractivity (Wildman–Crippen MR) is 107 cm³/mol. The summed E-state index contributed by atoms with van der Waals surface area (Å²) < 4.78 is 5.69. The van der Waals surface area contributed by atoms with E-state index in [4.69, 9.17) is 4.74 Å². The van der Waals surface area contributed by atoms with E-state index in [9.17, 15) is 14.7 Å². The fourth-order valence-corrected chi connectivity index (χ4v) is 4.10. The largest absolute Gasteiger partial charge is 0.477 e. The summed E-state index contributed by atoms with van der Waals surface area (Å²) in [5.41, 5.74) is 2.46. The number of thiophene rings is 1. The monoisotopic (exact) mass is 385 g/mol. The second kappa shape index (κ2) is 8.06. The van der Waals surface area contributed by atoms with Crippen LogP contribution in [0.25, 0.3) is 10.4 Å². The summed E-state index contributed by atoms with van der Waals surface area (Å²) in [6, 6.07) is 11.2. The van der Waals surface area contributed by atoms with Gasteiger partial charge in [-0.25, -0.2) is 4.79 Å². The van der Waals surface area contributed by atoms with Gasteiger partial charge in [-0.3, -0.25) is 4.79 Å². The zero-order valence-electron chi connectivity index (χ0n) is 15.6. The molecule has 0 bridgehead atoms. The van der Waals surface area contributed by atoms with Gasteiger partial charge >= 0.3 is 5.97 Å². The first kappa shape index (κ1) is 19.3. The van der Waals surface area contributed by atoms with Gasteiger partial charge in [-0.05, 0) is 32.4 Å². The number of hydrogen-bond acceptors (Lipinski definition) is 4. The summed E-state index contributed by atoms with van der Waals surface area (Å²) in [6.07, 6.45) is 1.93. The van der Waals surface area contributed by atoms with Gasteiger partial charge in [0.1, 0.15) is 11.0 Å². The summed E-state index contributed by atoms with van der Waals surface area (Å²) in [5, 5.41) is 9.72.